The second-order valence-electron chi connectivity index (χ2n) is 7.51. The van der Waals surface area contributed by atoms with Crippen molar-refractivity contribution in [2.45, 2.75) is 45.2 Å². The predicted molar refractivity (Wildman–Crippen MR) is 124 cm³/mol. The molecule has 172 valence electrons. The number of sulfone groups is 1. The fraction of sp³-hybridized carbons (Fsp3) is 0.360. The van der Waals surface area contributed by atoms with Crippen molar-refractivity contribution >= 4 is 21.6 Å². The Kier molecular flexibility index (Phi) is 9.81. The molecule has 0 bridgehead atoms. The molecule has 0 fully saturated rings. The predicted octanol–water partition coefficient (Wildman–Crippen LogP) is 4.16. The van der Waals surface area contributed by atoms with E-state index in [0.29, 0.717) is 11.1 Å². The van der Waals surface area contributed by atoms with Gasteiger partial charge in [-0.3, -0.25) is 9.59 Å². The number of carbonyl (C=O) groups is 2. The van der Waals surface area contributed by atoms with Gasteiger partial charge in [-0.2, -0.15) is 0 Å². The number of esters is 1. The lowest BCUT2D eigenvalue weighted by Gasteiger charge is -2.20. The standard InChI is InChI=1S/C25H30O6S/c1-4-30-25(27)18-32(28,29)20(3)15-19(2)24(31-17-21-11-7-5-8-12-21)16-23(26)22-13-9-6-10-14-22/h5-15,20,24H,4,16-18H2,1-3H3/b19-15-/t20-,24+/m0/s1. The van der Waals surface area contributed by atoms with Crippen LogP contribution in [-0.2, 0) is 30.7 Å². The zero-order valence-electron chi connectivity index (χ0n) is 18.7. The van der Waals surface area contributed by atoms with Crippen LogP contribution < -0.4 is 0 Å². The van der Waals surface area contributed by atoms with Crippen LogP contribution >= 0.6 is 0 Å². The summed E-state index contributed by atoms with van der Waals surface area (Å²) in [7, 11) is -3.75. The van der Waals surface area contributed by atoms with E-state index >= 15 is 0 Å². The molecule has 0 N–H and O–H groups in total. The third-order valence-electron chi connectivity index (χ3n) is 4.96. The van der Waals surface area contributed by atoms with E-state index in [-0.39, 0.29) is 25.4 Å². The number of carbonyl (C=O) groups excluding carboxylic acids is 2. The number of rotatable bonds is 12. The summed E-state index contributed by atoms with van der Waals surface area (Å²) in [6, 6.07) is 18.4. The number of benzene rings is 2. The first kappa shape index (κ1) is 25.5. The van der Waals surface area contributed by atoms with E-state index < -0.39 is 32.9 Å². The molecule has 0 aliphatic carbocycles. The highest BCUT2D eigenvalue weighted by Gasteiger charge is 2.25. The third-order valence-corrected chi connectivity index (χ3v) is 6.86. The molecule has 0 aliphatic rings. The smallest absolute Gasteiger partial charge is 0.321 e. The summed E-state index contributed by atoms with van der Waals surface area (Å²) in [4.78, 5) is 24.4. The van der Waals surface area contributed by atoms with Gasteiger partial charge < -0.3 is 9.47 Å². The van der Waals surface area contributed by atoms with E-state index in [4.69, 9.17) is 9.47 Å². The average molecular weight is 459 g/mol. The van der Waals surface area contributed by atoms with Crippen LogP contribution in [0.2, 0.25) is 0 Å². The lowest BCUT2D eigenvalue weighted by atomic mass is 10.00. The van der Waals surface area contributed by atoms with Crippen LogP contribution in [0.15, 0.2) is 72.3 Å². The van der Waals surface area contributed by atoms with Crippen LogP contribution in [0, 0.1) is 0 Å². The topological polar surface area (TPSA) is 86.7 Å². The van der Waals surface area contributed by atoms with Crippen molar-refractivity contribution in [1.29, 1.82) is 0 Å². The van der Waals surface area contributed by atoms with Gasteiger partial charge in [-0.15, -0.1) is 0 Å². The van der Waals surface area contributed by atoms with Gasteiger partial charge in [0, 0.05) is 12.0 Å². The second-order valence-corrected chi connectivity index (χ2v) is 9.86. The second kappa shape index (κ2) is 12.3. The van der Waals surface area contributed by atoms with E-state index in [2.05, 4.69) is 0 Å². The van der Waals surface area contributed by atoms with E-state index in [1.54, 1.807) is 44.2 Å². The van der Waals surface area contributed by atoms with E-state index in [0.717, 1.165) is 5.56 Å². The quantitative estimate of drug-likeness (QED) is 0.270. The fourth-order valence-corrected chi connectivity index (χ4v) is 4.21. The largest absolute Gasteiger partial charge is 0.465 e. The van der Waals surface area contributed by atoms with E-state index in [1.165, 1.54) is 6.92 Å². The summed E-state index contributed by atoms with van der Waals surface area (Å²) in [5.74, 6) is -1.57. The van der Waals surface area contributed by atoms with Crippen LogP contribution in [0.3, 0.4) is 0 Å². The summed E-state index contributed by atoms with van der Waals surface area (Å²) in [6.07, 6.45) is 1.01. The number of Topliss-reactive ketones (excluding diaryl/α,β-unsaturated/α-hetero) is 1. The monoisotopic (exact) mass is 458 g/mol. The molecule has 0 spiro atoms. The minimum atomic E-state index is -3.75. The fourth-order valence-electron chi connectivity index (χ4n) is 3.11. The molecule has 0 aromatic heterocycles. The van der Waals surface area contributed by atoms with Gasteiger partial charge in [-0.05, 0) is 31.9 Å². The maximum Gasteiger partial charge on any atom is 0.321 e. The third kappa shape index (κ3) is 8.05. The molecular weight excluding hydrogens is 428 g/mol. The molecule has 0 heterocycles. The van der Waals surface area contributed by atoms with Crippen LogP contribution in [-0.4, -0.2) is 43.9 Å². The van der Waals surface area contributed by atoms with E-state index in [1.807, 2.05) is 36.4 Å². The Balaban J connectivity index is 2.20. The van der Waals surface area contributed by atoms with Gasteiger partial charge in [-0.1, -0.05) is 66.7 Å². The molecule has 0 saturated carbocycles. The Morgan fingerprint density at radius 3 is 2.19 bits per heavy atom. The van der Waals surface area contributed by atoms with Crippen molar-refractivity contribution < 1.29 is 27.5 Å². The highest BCUT2D eigenvalue weighted by molar-refractivity contribution is 7.92. The summed E-state index contributed by atoms with van der Waals surface area (Å²) in [5, 5.41) is -0.929. The SMILES string of the molecule is CCOC(=O)CS(=O)(=O)[C@@H](C)/C=C(/C)[C@@H](CC(=O)c1ccccc1)OCc1ccccc1. The van der Waals surface area contributed by atoms with Crippen molar-refractivity contribution in [1.82, 2.24) is 0 Å². The molecule has 0 amide bonds. The Labute approximate surface area is 190 Å². The summed E-state index contributed by atoms with van der Waals surface area (Å²) in [6.45, 7) is 5.27. The van der Waals surface area contributed by atoms with Gasteiger partial charge in [0.05, 0.1) is 24.6 Å². The number of hydrogen-bond donors (Lipinski definition) is 0. The van der Waals surface area contributed by atoms with Crippen molar-refractivity contribution in [2.24, 2.45) is 0 Å². The first-order valence-corrected chi connectivity index (χ1v) is 12.2. The Morgan fingerprint density at radius 2 is 1.59 bits per heavy atom. The molecule has 2 aromatic rings. The molecule has 0 saturated heterocycles. The van der Waals surface area contributed by atoms with E-state index in [9.17, 15) is 18.0 Å². The highest BCUT2D eigenvalue weighted by Crippen LogP contribution is 2.19. The molecule has 7 heteroatoms. The minimum Gasteiger partial charge on any atom is -0.465 e. The first-order valence-electron chi connectivity index (χ1n) is 10.5. The Morgan fingerprint density at radius 1 is 1.00 bits per heavy atom. The van der Waals surface area contributed by atoms with Crippen molar-refractivity contribution in [3.8, 4) is 0 Å². The van der Waals surface area contributed by atoms with Gasteiger partial charge in [0.1, 0.15) is 5.75 Å². The van der Waals surface area contributed by atoms with Gasteiger partial charge >= 0.3 is 5.97 Å². The van der Waals surface area contributed by atoms with Gasteiger partial charge in [0.2, 0.25) is 0 Å². The lowest BCUT2D eigenvalue weighted by Crippen LogP contribution is -2.27. The zero-order valence-corrected chi connectivity index (χ0v) is 19.5. The molecule has 0 radical (unpaired) electrons. The number of ketones is 1. The normalized spacial score (nSPS) is 13.9. The van der Waals surface area contributed by atoms with Gasteiger partial charge in [0.15, 0.2) is 15.6 Å². The first-order chi connectivity index (χ1) is 15.2. The van der Waals surface area contributed by atoms with Crippen LogP contribution in [0.1, 0.15) is 43.1 Å². The molecule has 0 unspecified atom stereocenters. The molecule has 2 rings (SSSR count). The summed E-state index contributed by atoms with van der Waals surface area (Å²) < 4.78 is 35.9. The zero-order chi connectivity index (χ0) is 23.6. The van der Waals surface area contributed by atoms with Gasteiger partial charge in [0.25, 0.3) is 0 Å². The van der Waals surface area contributed by atoms with Crippen molar-refractivity contribution in [3.05, 3.63) is 83.4 Å². The van der Waals surface area contributed by atoms with Crippen molar-refractivity contribution in [3.63, 3.8) is 0 Å². The summed E-state index contributed by atoms with van der Waals surface area (Å²) in [5.41, 5.74) is 2.13. The number of ether oxygens (including phenoxy) is 2. The van der Waals surface area contributed by atoms with Gasteiger partial charge in [-0.25, -0.2) is 8.42 Å². The Bertz CT molecular complexity index is 1010. The summed E-state index contributed by atoms with van der Waals surface area (Å²) >= 11 is 0. The average Bonchev–Trinajstić information content (AvgIpc) is 2.77. The number of hydrogen-bond acceptors (Lipinski definition) is 6. The molecule has 32 heavy (non-hydrogen) atoms. The molecule has 0 aliphatic heterocycles. The minimum absolute atomic E-state index is 0.0732. The van der Waals surface area contributed by atoms with Crippen LogP contribution in [0.25, 0.3) is 0 Å². The van der Waals surface area contributed by atoms with Crippen LogP contribution in [0.5, 0.6) is 0 Å². The highest BCUT2D eigenvalue weighted by atomic mass is 32.2. The molecule has 2 aromatic carbocycles. The molecule has 6 nitrogen and oxygen atoms in total. The van der Waals surface area contributed by atoms with Crippen LogP contribution in [0.4, 0.5) is 0 Å². The van der Waals surface area contributed by atoms with Crippen molar-refractivity contribution in [2.75, 3.05) is 12.4 Å². The molecule has 2 atom stereocenters. The maximum absolute atomic E-state index is 12.8. The Hall–Kier alpha value is -2.77. The maximum atomic E-state index is 12.8. The lowest BCUT2D eigenvalue weighted by molar-refractivity contribution is -0.139. The molecular formula is C25H30O6S.